The van der Waals surface area contributed by atoms with Crippen molar-refractivity contribution >= 4 is 0 Å². The maximum Gasteiger partial charge on any atom is 0.119 e. The first-order chi connectivity index (χ1) is 8.63. The zero-order valence-corrected chi connectivity index (χ0v) is 9.45. The maximum absolute atomic E-state index is 9.42. The number of benzene rings is 2. The van der Waals surface area contributed by atoms with Crippen LogP contribution < -0.4 is 0 Å². The van der Waals surface area contributed by atoms with E-state index >= 15 is 0 Å². The molecule has 0 bridgehead atoms. The molecule has 18 heavy (non-hydrogen) atoms. The second-order valence-corrected chi connectivity index (χ2v) is 4.35. The Hall–Kier alpha value is -2.20. The van der Waals surface area contributed by atoms with E-state index in [1.54, 1.807) is 36.4 Å². The van der Waals surface area contributed by atoms with E-state index in [2.05, 4.69) is 0 Å². The van der Waals surface area contributed by atoms with Crippen LogP contribution in [0.15, 0.2) is 42.5 Å². The van der Waals surface area contributed by atoms with Crippen molar-refractivity contribution in [2.75, 3.05) is 0 Å². The summed E-state index contributed by atoms with van der Waals surface area (Å²) in [4.78, 5) is 0. The number of ether oxygens (including phenoxy) is 1. The molecule has 1 heterocycles. The van der Waals surface area contributed by atoms with Crippen LogP contribution in [0.2, 0.25) is 0 Å². The molecule has 4 heteroatoms. The van der Waals surface area contributed by atoms with E-state index in [1.807, 2.05) is 0 Å². The van der Waals surface area contributed by atoms with E-state index in [-0.39, 0.29) is 29.5 Å². The van der Waals surface area contributed by atoms with Crippen molar-refractivity contribution in [1.29, 1.82) is 0 Å². The number of rotatable bonds is 2. The van der Waals surface area contributed by atoms with Gasteiger partial charge in [-0.15, -0.1) is 0 Å². The molecular weight excluding hydrogens is 232 g/mol. The molecule has 4 nitrogen and oxygen atoms in total. The zero-order valence-electron chi connectivity index (χ0n) is 9.45. The number of phenols is 3. The molecule has 1 aliphatic heterocycles. The quantitative estimate of drug-likeness (QED) is 0.710. The molecule has 0 saturated carbocycles. The van der Waals surface area contributed by atoms with Gasteiger partial charge in [0.15, 0.2) is 0 Å². The van der Waals surface area contributed by atoms with E-state index in [1.165, 1.54) is 6.07 Å². The molecule has 2 unspecified atom stereocenters. The Morgan fingerprint density at radius 2 is 1.22 bits per heavy atom. The van der Waals surface area contributed by atoms with E-state index in [9.17, 15) is 15.3 Å². The lowest BCUT2D eigenvalue weighted by Gasteiger charge is -2.00. The van der Waals surface area contributed by atoms with Crippen molar-refractivity contribution in [3.8, 4) is 17.2 Å². The lowest BCUT2D eigenvalue weighted by atomic mass is 10.0. The third kappa shape index (κ3) is 1.98. The average molecular weight is 244 g/mol. The Labute approximate surface area is 104 Å². The lowest BCUT2D eigenvalue weighted by Crippen LogP contribution is -1.84. The highest BCUT2D eigenvalue weighted by atomic mass is 16.6. The summed E-state index contributed by atoms with van der Waals surface area (Å²) in [7, 11) is 0. The number of hydrogen-bond acceptors (Lipinski definition) is 4. The standard InChI is InChI=1S/C14H12O4/c15-10-3-1-8(2-4-10)13-14(18-13)9-5-11(16)7-12(17)6-9/h1-7,13-17H. The summed E-state index contributed by atoms with van der Waals surface area (Å²) in [5.74, 6) is 0.251. The van der Waals surface area contributed by atoms with Gasteiger partial charge in [-0.3, -0.25) is 0 Å². The third-order valence-electron chi connectivity index (χ3n) is 2.97. The molecule has 0 aromatic heterocycles. The van der Waals surface area contributed by atoms with E-state index in [0.717, 1.165) is 11.1 Å². The zero-order chi connectivity index (χ0) is 12.7. The third-order valence-corrected chi connectivity index (χ3v) is 2.97. The lowest BCUT2D eigenvalue weighted by molar-refractivity contribution is 0.375. The van der Waals surface area contributed by atoms with Crippen LogP contribution in [0.1, 0.15) is 23.3 Å². The minimum atomic E-state index is -0.160. The fraction of sp³-hybridized carbons (Fsp3) is 0.143. The molecule has 92 valence electrons. The van der Waals surface area contributed by atoms with Gasteiger partial charge < -0.3 is 20.1 Å². The van der Waals surface area contributed by atoms with Crippen molar-refractivity contribution in [2.24, 2.45) is 0 Å². The highest BCUT2D eigenvalue weighted by Crippen LogP contribution is 2.52. The largest absolute Gasteiger partial charge is 0.508 e. The minimum absolute atomic E-state index is 0.0185. The van der Waals surface area contributed by atoms with Gasteiger partial charge in [0.25, 0.3) is 0 Å². The van der Waals surface area contributed by atoms with Crippen molar-refractivity contribution in [3.05, 3.63) is 53.6 Å². The second kappa shape index (κ2) is 3.92. The molecule has 2 atom stereocenters. The topological polar surface area (TPSA) is 73.2 Å². The molecule has 2 aromatic carbocycles. The fourth-order valence-corrected chi connectivity index (χ4v) is 2.07. The van der Waals surface area contributed by atoms with Crippen molar-refractivity contribution in [2.45, 2.75) is 12.2 Å². The van der Waals surface area contributed by atoms with Gasteiger partial charge >= 0.3 is 0 Å². The summed E-state index contributed by atoms with van der Waals surface area (Å²) < 4.78 is 5.54. The van der Waals surface area contributed by atoms with Crippen LogP contribution >= 0.6 is 0 Å². The molecule has 2 aromatic rings. The molecule has 3 rings (SSSR count). The number of aromatic hydroxyl groups is 3. The summed E-state index contributed by atoms with van der Waals surface area (Å²) in [6, 6.07) is 11.2. The SMILES string of the molecule is Oc1ccc(C2OC2c2cc(O)cc(O)c2)cc1. The van der Waals surface area contributed by atoms with Crippen LogP contribution in [0, 0.1) is 0 Å². The normalized spacial score (nSPS) is 21.8. The maximum atomic E-state index is 9.42. The van der Waals surface area contributed by atoms with Gasteiger partial charge in [-0.1, -0.05) is 12.1 Å². The predicted molar refractivity (Wildman–Crippen MR) is 64.4 cm³/mol. The van der Waals surface area contributed by atoms with Crippen LogP contribution in [-0.2, 0) is 4.74 Å². The van der Waals surface area contributed by atoms with Crippen LogP contribution in [-0.4, -0.2) is 15.3 Å². The Bertz CT molecular complexity index is 557. The van der Waals surface area contributed by atoms with Crippen LogP contribution in [0.3, 0.4) is 0 Å². The molecule has 1 saturated heterocycles. The molecule has 0 amide bonds. The Balaban J connectivity index is 1.83. The smallest absolute Gasteiger partial charge is 0.119 e. The summed E-state index contributed by atoms with van der Waals surface area (Å²) >= 11 is 0. The minimum Gasteiger partial charge on any atom is -0.508 e. The van der Waals surface area contributed by atoms with E-state index < -0.39 is 0 Å². The monoisotopic (exact) mass is 244 g/mol. The predicted octanol–water partition coefficient (Wildman–Crippen LogP) is 2.62. The van der Waals surface area contributed by atoms with Gasteiger partial charge in [-0.2, -0.15) is 0 Å². The first-order valence-corrected chi connectivity index (χ1v) is 5.61. The Kier molecular flexibility index (Phi) is 2.38. The molecule has 0 radical (unpaired) electrons. The number of epoxide rings is 1. The molecule has 0 aliphatic carbocycles. The Morgan fingerprint density at radius 3 is 1.83 bits per heavy atom. The highest BCUT2D eigenvalue weighted by Gasteiger charge is 2.41. The van der Waals surface area contributed by atoms with Crippen molar-refractivity contribution < 1.29 is 20.1 Å². The number of hydrogen-bond donors (Lipinski definition) is 3. The molecule has 0 spiro atoms. The molecule has 3 N–H and O–H groups in total. The number of phenolic OH excluding ortho intramolecular Hbond substituents is 3. The summed E-state index contributed by atoms with van der Waals surface area (Å²) in [6.45, 7) is 0. The van der Waals surface area contributed by atoms with E-state index in [4.69, 9.17) is 4.74 Å². The fourth-order valence-electron chi connectivity index (χ4n) is 2.07. The highest BCUT2D eigenvalue weighted by molar-refractivity contribution is 5.41. The molecule has 1 aliphatic rings. The van der Waals surface area contributed by atoms with Crippen molar-refractivity contribution in [1.82, 2.24) is 0 Å². The first-order valence-electron chi connectivity index (χ1n) is 5.61. The van der Waals surface area contributed by atoms with Crippen molar-refractivity contribution in [3.63, 3.8) is 0 Å². The van der Waals surface area contributed by atoms with Gasteiger partial charge in [0.1, 0.15) is 29.5 Å². The average Bonchev–Trinajstić information content (AvgIpc) is 3.08. The van der Waals surface area contributed by atoms with E-state index in [0.29, 0.717) is 0 Å². The summed E-state index contributed by atoms with van der Waals surface area (Å²) in [6.07, 6.45) is -0.251. The summed E-state index contributed by atoms with van der Waals surface area (Å²) in [5, 5.41) is 28.0. The van der Waals surface area contributed by atoms with Crippen LogP contribution in [0.5, 0.6) is 17.2 Å². The van der Waals surface area contributed by atoms with Gasteiger partial charge in [0.05, 0.1) is 0 Å². The molecule has 1 fully saturated rings. The van der Waals surface area contributed by atoms with Crippen LogP contribution in [0.25, 0.3) is 0 Å². The van der Waals surface area contributed by atoms with Gasteiger partial charge in [-0.25, -0.2) is 0 Å². The first kappa shape index (κ1) is 10.9. The van der Waals surface area contributed by atoms with Gasteiger partial charge in [0.2, 0.25) is 0 Å². The van der Waals surface area contributed by atoms with Gasteiger partial charge in [-0.05, 0) is 35.4 Å². The van der Waals surface area contributed by atoms with Gasteiger partial charge in [0, 0.05) is 6.07 Å². The second-order valence-electron chi connectivity index (χ2n) is 4.35. The summed E-state index contributed by atoms with van der Waals surface area (Å²) in [5.41, 5.74) is 1.70. The molecular formula is C14H12O4. The Morgan fingerprint density at radius 1 is 0.667 bits per heavy atom. The van der Waals surface area contributed by atoms with Crippen LogP contribution in [0.4, 0.5) is 0 Å².